The smallest absolute Gasteiger partial charge is 0.293 e. The lowest BCUT2D eigenvalue weighted by Crippen LogP contribution is -1.99. The van der Waals surface area contributed by atoms with Crippen molar-refractivity contribution in [3.05, 3.63) is 34.9 Å². The average molecular weight is 214 g/mol. The third-order valence-electron chi connectivity index (χ3n) is 2.15. The molecule has 5 heteroatoms. The van der Waals surface area contributed by atoms with Crippen molar-refractivity contribution in [1.82, 2.24) is 0 Å². The van der Waals surface area contributed by atoms with Gasteiger partial charge in [0, 0.05) is 11.1 Å². The molecule has 1 unspecified atom stereocenters. The van der Waals surface area contributed by atoms with Crippen LogP contribution in [0.25, 0.3) is 0 Å². The molecule has 1 aliphatic heterocycles. The Kier molecular flexibility index (Phi) is 2.64. The van der Waals surface area contributed by atoms with Crippen LogP contribution in [0.2, 0.25) is 0 Å². The molecule has 80 valence electrons. The zero-order chi connectivity index (χ0) is 10.8. The summed E-state index contributed by atoms with van der Waals surface area (Å²) in [4.78, 5) is 9.90. The minimum Gasteiger partial charge on any atom is -0.463 e. The van der Waals surface area contributed by atoms with Crippen LogP contribution in [0, 0.1) is 11.6 Å². The monoisotopic (exact) mass is 214 g/mol. The van der Waals surface area contributed by atoms with Crippen molar-refractivity contribution in [3.63, 3.8) is 0 Å². The molecule has 1 fully saturated rings. The predicted octanol–water partition coefficient (Wildman–Crippen LogP) is 1.71. The molecule has 0 aromatic heterocycles. The highest BCUT2D eigenvalue weighted by molar-refractivity contribution is 5.38. The fourth-order valence-corrected chi connectivity index (χ4v) is 1.31. The summed E-state index contributed by atoms with van der Waals surface area (Å²) >= 11 is 0. The number of ether oxygens (including phenoxy) is 2. The zero-order valence-electron chi connectivity index (χ0n) is 7.70. The molecule has 1 heterocycles. The largest absolute Gasteiger partial charge is 0.463 e. The molecule has 1 aliphatic rings. The van der Waals surface area contributed by atoms with Crippen LogP contribution >= 0.6 is 0 Å². The Balaban J connectivity index is 2.25. The highest BCUT2D eigenvalue weighted by Crippen LogP contribution is 2.32. The van der Waals surface area contributed by atoms with E-state index in [4.69, 9.17) is 4.74 Å². The Labute approximate surface area is 84.6 Å². The van der Waals surface area contributed by atoms with Crippen LogP contribution < -0.4 is 0 Å². The van der Waals surface area contributed by atoms with Crippen LogP contribution in [0.4, 0.5) is 8.78 Å². The fourth-order valence-electron chi connectivity index (χ4n) is 1.31. The number of epoxide rings is 1. The third-order valence-corrected chi connectivity index (χ3v) is 2.15. The van der Waals surface area contributed by atoms with Gasteiger partial charge in [0.2, 0.25) is 0 Å². The molecular formula is C10H8F2O3. The van der Waals surface area contributed by atoms with Crippen LogP contribution in [0.5, 0.6) is 0 Å². The number of benzene rings is 1. The van der Waals surface area contributed by atoms with Crippen LogP contribution in [0.15, 0.2) is 12.1 Å². The molecule has 3 nitrogen and oxygen atoms in total. The van der Waals surface area contributed by atoms with Gasteiger partial charge in [0.25, 0.3) is 6.47 Å². The topological polar surface area (TPSA) is 38.8 Å². The van der Waals surface area contributed by atoms with Gasteiger partial charge in [0.15, 0.2) is 0 Å². The highest BCUT2D eigenvalue weighted by Gasteiger charge is 2.29. The average Bonchev–Trinajstić information content (AvgIpc) is 3.02. The fraction of sp³-hybridized carbons (Fsp3) is 0.300. The lowest BCUT2D eigenvalue weighted by Gasteiger charge is -2.05. The number of carbonyl (C=O) groups is 1. The Morgan fingerprint density at radius 3 is 2.80 bits per heavy atom. The summed E-state index contributed by atoms with van der Waals surface area (Å²) in [6.07, 6.45) is -0.333. The summed E-state index contributed by atoms with van der Waals surface area (Å²) in [5, 5.41) is 0. The number of carbonyl (C=O) groups excluding carboxylic acids is 1. The normalized spacial score (nSPS) is 18.7. The summed E-state index contributed by atoms with van der Waals surface area (Å²) in [6.45, 7) is 0.341. The predicted molar refractivity (Wildman–Crippen MR) is 45.9 cm³/mol. The second-order valence-electron chi connectivity index (χ2n) is 3.19. The van der Waals surface area contributed by atoms with Crippen molar-refractivity contribution in [3.8, 4) is 0 Å². The van der Waals surface area contributed by atoms with Gasteiger partial charge in [-0.15, -0.1) is 0 Å². The summed E-state index contributed by atoms with van der Waals surface area (Å²) < 4.78 is 35.9. The van der Waals surface area contributed by atoms with Gasteiger partial charge < -0.3 is 9.47 Å². The van der Waals surface area contributed by atoms with Crippen LogP contribution in [-0.2, 0) is 20.9 Å². The first kappa shape index (κ1) is 10.0. The van der Waals surface area contributed by atoms with E-state index in [1.54, 1.807) is 0 Å². The molecule has 0 amide bonds. The van der Waals surface area contributed by atoms with Gasteiger partial charge in [-0.25, -0.2) is 8.78 Å². The molecule has 1 aromatic carbocycles. The zero-order valence-corrected chi connectivity index (χ0v) is 7.70. The number of halogens is 2. The molecule has 1 atom stereocenters. The van der Waals surface area contributed by atoms with E-state index in [1.165, 1.54) is 0 Å². The van der Waals surface area contributed by atoms with E-state index in [9.17, 15) is 13.6 Å². The first-order valence-electron chi connectivity index (χ1n) is 4.37. The van der Waals surface area contributed by atoms with E-state index in [-0.39, 0.29) is 30.3 Å². The van der Waals surface area contributed by atoms with E-state index >= 15 is 0 Å². The first-order chi connectivity index (χ1) is 7.22. The number of hydrogen-bond donors (Lipinski definition) is 0. The summed E-state index contributed by atoms with van der Waals surface area (Å²) in [7, 11) is 0. The van der Waals surface area contributed by atoms with Gasteiger partial charge in [-0.3, -0.25) is 4.79 Å². The highest BCUT2D eigenvalue weighted by atomic mass is 19.1. The number of hydrogen-bond acceptors (Lipinski definition) is 3. The minimum absolute atomic E-state index is 0.0176. The summed E-state index contributed by atoms with van der Waals surface area (Å²) in [5.41, 5.74) is 0.228. The lowest BCUT2D eigenvalue weighted by atomic mass is 10.1. The standard InChI is InChI=1S/C10H8F2O3/c11-8-2-7(10-4-15-10)9(12)1-6(8)3-14-5-13/h1-2,5,10H,3-4H2. The molecule has 0 spiro atoms. The van der Waals surface area contributed by atoms with Crippen molar-refractivity contribution in [2.45, 2.75) is 12.7 Å². The van der Waals surface area contributed by atoms with E-state index < -0.39 is 11.6 Å². The second kappa shape index (κ2) is 3.94. The van der Waals surface area contributed by atoms with Gasteiger partial charge in [-0.05, 0) is 12.1 Å². The molecular weight excluding hydrogens is 206 g/mol. The second-order valence-corrected chi connectivity index (χ2v) is 3.19. The maximum Gasteiger partial charge on any atom is 0.293 e. The van der Waals surface area contributed by atoms with E-state index in [1.807, 2.05) is 0 Å². The van der Waals surface area contributed by atoms with Gasteiger partial charge >= 0.3 is 0 Å². The Morgan fingerprint density at radius 2 is 2.20 bits per heavy atom. The van der Waals surface area contributed by atoms with Crippen LogP contribution in [0.3, 0.4) is 0 Å². The lowest BCUT2D eigenvalue weighted by molar-refractivity contribution is -0.129. The molecule has 1 aromatic rings. The van der Waals surface area contributed by atoms with Crippen LogP contribution in [0.1, 0.15) is 17.2 Å². The molecule has 0 radical (unpaired) electrons. The quantitative estimate of drug-likeness (QED) is 0.565. The minimum atomic E-state index is -0.594. The maximum atomic E-state index is 13.4. The number of rotatable bonds is 4. The van der Waals surface area contributed by atoms with E-state index in [0.717, 1.165) is 12.1 Å². The molecule has 1 saturated heterocycles. The van der Waals surface area contributed by atoms with Crippen molar-refractivity contribution < 1.29 is 23.0 Å². The Bertz CT molecular complexity index is 388. The molecule has 2 rings (SSSR count). The van der Waals surface area contributed by atoms with Crippen molar-refractivity contribution in [1.29, 1.82) is 0 Å². The van der Waals surface area contributed by atoms with E-state index in [0.29, 0.717) is 6.61 Å². The van der Waals surface area contributed by atoms with Gasteiger partial charge in [-0.1, -0.05) is 0 Å². The molecule has 0 saturated carbocycles. The van der Waals surface area contributed by atoms with Crippen molar-refractivity contribution >= 4 is 6.47 Å². The maximum absolute atomic E-state index is 13.4. The van der Waals surface area contributed by atoms with Gasteiger partial charge in [0.05, 0.1) is 6.61 Å². The van der Waals surface area contributed by atoms with Crippen LogP contribution in [-0.4, -0.2) is 13.1 Å². The molecule has 0 aliphatic carbocycles. The van der Waals surface area contributed by atoms with E-state index in [2.05, 4.69) is 4.74 Å². The Morgan fingerprint density at radius 1 is 1.47 bits per heavy atom. The van der Waals surface area contributed by atoms with Gasteiger partial charge in [0.1, 0.15) is 24.3 Å². The SMILES string of the molecule is O=COCc1cc(F)c(C2CO2)cc1F. The first-order valence-corrected chi connectivity index (χ1v) is 4.37. The molecule has 0 N–H and O–H groups in total. The van der Waals surface area contributed by atoms with Crippen molar-refractivity contribution in [2.75, 3.05) is 6.61 Å². The third kappa shape index (κ3) is 2.12. The van der Waals surface area contributed by atoms with Gasteiger partial charge in [-0.2, -0.15) is 0 Å². The Hall–Kier alpha value is -1.49. The summed E-state index contributed by atoms with van der Waals surface area (Å²) in [5.74, 6) is -1.13. The molecule has 0 bridgehead atoms. The summed E-state index contributed by atoms with van der Waals surface area (Å²) in [6, 6.07) is 2.10. The molecule has 15 heavy (non-hydrogen) atoms. The van der Waals surface area contributed by atoms with Crippen molar-refractivity contribution in [2.24, 2.45) is 0 Å².